The van der Waals surface area contributed by atoms with Crippen molar-refractivity contribution in [2.24, 2.45) is 5.10 Å². The van der Waals surface area contributed by atoms with Crippen LogP contribution in [-0.2, 0) is 0 Å². The van der Waals surface area contributed by atoms with Crippen LogP contribution in [0.3, 0.4) is 0 Å². The van der Waals surface area contributed by atoms with Gasteiger partial charge in [0.2, 0.25) is 0 Å². The summed E-state index contributed by atoms with van der Waals surface area (Å²) >= 11 is 0. The first-order valence-corrected chi connectivity index (χ1v) is 8.75. The molecule has 2 heterocycles. The molecular weight excluding hydrogens is 338 g/mol. The molecule has 0 radical (unpaired) electrons. The number of rotatable bonds is 3. The molecule has 0 atom stereocenters. The lowest BCUT2D eigenvalue weighted by atomic mass is 10.1. The van der Waals surface area contributed by atoms with Gasteiger partial charge >= 0.3 is 0 Å². The molecule has 1 aliphatic rings. The van der Waals surface area contributed by atoms with Gasteiger partial charge in [-0.1, -0.05) is 29.8 Å². The van der Waals surface area contributed by atoms with Gasteiger partial charge in [-0.25, -0.2) is 0 Å². The number of hydrogen-bond donors (Lipinski definition) is 0. The largest absolute Gasteiger partial charge is 0.318 e. The molecule has 4 rings (SSSR count). The van der Waals surface area contributed by atoms with Gasteiger partial charge in [0, 0.05) is 22.6 Å². The molecule has 0 spiro atoms. The summed E-state index contributed by atoms with van der Waals surface area (Å²) in [5.41, 5.74) is 5.97. The smallest absolute Gasteiger partial charge is 0.282 e. The van der Waals surface area contributed by atoms with Crippen molar-refractivity contribution < 1.29 is 9.59 Å². The summed E-state index contributed by atoms with van der Waals surface area (Å²) in [7, 11) is 0. The molecule has 3 aromatic rings. The summed E-state index contributed by atoms with van der Waals surface area (Å²) in [4.78, 5) is 24.8. The number of imide groups is 1. The average molecular weight is 357 g/mol. The van der Waals surface area contributed by atoms with Gasteiger partial charge < -0.3 is 4.57 Å². The highest BCUT2D eigenvalue weighted by molar-refractivity contribution is 6.21. The number of fused-ring (bicyclic) bond motifs is 1. The van der Waals surface area contributed by atoms with E-state index in [9.17, 15) is 9.59 Å². The third-order valence-electron chi connectivity index (χ3n) is 4.85. The van der Waals surface area contributed by atoms with Crippen LogP contribution < -0.4 is 0 Å². The summed E-state index contributed by atoms with van der Waals surface area (Å²) in [5.74, 6) is -0.779. The molecule has 0 fully saturated rings. The van der Waals surface area contributed by atoms with Crippen molar-refractivity contribution in [1.29, 1.82) is 0 Å². The molecule has 0 N–H and O–H groups in total. The van der Waals surface area contributed by atoms with E-state index < -0.39 is 0 Å². The monoisotopic (exact) mass is 357 g/mol. The predicted molar refractivity (Wildman–Crippen MR) is 105 cm³/mol. The van der Waals surface area contributed by atoms with Crippen LogP contribution in [0.2, 0.25) is 0 Å². The Balaban J connectivity index is 1.66. The molecule has 1 aliphatic heterocycles. The first kappa shape index (κ1) is 17.0. The summed E-state index contributed by atoms with van der Waals surface area (Å²) in [5, 5.41) is 5.12. The third-order valence-corrected chi connectivity index (χ3v) is 4.85. The highest BCUT2D eigenvalue weighted by Crippen LogP contribution is 2.24. The highest BCUT2D eigenvalue weighted by Gasteiger charge is 2.35. The van der Waals surface area contributed by atoms with Crippen LogP contribution in [0, 0.1) is 20.8 Å². The van der Waals surface area contributed by atoms with Crippen LogP contribution in [0.25, 0.3) is 5.69 Å². The maximum atomic E-state index is 12.4. The molecule has 1 aromatic heterocycles. The first-order chi connectivity index (χ1) is 13.0. The van der Waals surface area contributed by atoms with E-state index in [0.29, 0.717) is 11.1 Å². The van der Waals surface area contributed by atoms with Gasteiger partial charge in [-0.3, -0.25) is 9.59 Å². The Hall–Kier alpha value is -3.47. The average Bonchev–Trinajstić information content (AvgIpc) is 3.08. The topological polar surface area (TPSA) is 54.7 Å². The van der Waals surface area contributed by atoms with E-state index in [1.54, 1.807) is 30.5 Å². The Labute approximate surface area is 157 Å². The molecule has 2 aromatic carbocycles. The Morgan fingerprint density at radius 3 is 2.04 bits per heavy atom. The van der Waals surface area contributed by atoms with Gasteiger partial charge in [0.1, 0.15) is 0 Å². The number of hydrazone groups is 1. The molecule has 0 aliphatic carbocycles. The van der Waals surface area contributed by atoms with Gasteiger partial charge in [-0.2, -0.15) is 10.1 Å². The van der Waals surface area contributed by atoms with Crippen LogP contribution in [0.15, 0.2) is 59.7 Å². The number of aryl methyl sites for hydroxylation is 2. The van der Waals surface area contributed by atoms with Crippen LogP contribution >= 0.6 is 0 Å². The maximum Gasteiger partial charge on any atom is 0.282 e. The minimum Gasteiger partial charge on any atom is -0.318 e. The van der Waals surface area contributed by atoms with Crippen LogP contribution in [0.5, 0.6) is 0 Å². The Bertz CT molecular complexity index is 1060. The summed E-state index contributed by atoms with van der Waals surface area (Å²) in [6.45, 7) is 6.07. The molecule has 0 bridgehead atoms. The minimum atomic E-state index is -0.390. The summed E-state index contributed by atoms with van der Waals surface area (Å²) < 4.78 is 2.13. The van der Waals surface area contributed by atoms with E-state index in [1.807, 2.05) is 19.9 Å². The summed E-state index contributed by atoms with van der Waals surface area (Å²) in [6, 6.07) is 17.1. The number of aromatic nitrogens is 1. The van der Waals surface area contributed by atoms with E-state index in [0.717, 1.165) is 27.6 Å². The Morgan fingerprint density at radius 2 is 1.44 bits per heavy atom. The minimum absolute atomic E-state index is 0.390. The lowest BCUT2D eigenvalue weighted by Crippen LogP contribution is -2.24. The maximum absolute atomic E-state index is 12.4. The standard InChI is InChI=1S/C22H19N3O2/c1-14-8-10-18(11-9-14)24-15(2)12-17(16(24)3)13-23-25-21(26)19-6-4-5-7-20(19)22(25)27/h4-13H,1-3H3/b23-13+. The zero-order valence-corrected chi connectivity index (χ0v) is 15.4. The molecular formula is C22H19N3O2. The second kappa shape index (κ2) is 6.36. The second-order valence-corrected chi connectivity index (χ2v) is 6.71. The SMILES string of the molecule is Cc1ccc(-n2c(C)cc(/C=N/N3C(=O)c4ccccc4C3=O)c2C)cc1. The van der Waals surface area contributed by atoms with Crippen LogP contribution in [-0.4, -0.2) is 27.6 Å². The molecule has 27 heavy (non-hydrogen) atoms. The molecule has 5 nitrogen and oxygen atoms in total. The first-order valence-electron chi connectivity index (χ1n) is 8.75. The highest BCUT2D eigenvalue weighted by atomic mass is 16.2. The number of carbonyl (C=O) groups excluding carboxylic acids is 2. The van der Waals surface area contributed by atoms with Crippen molar-refractivity contribution in [3.8, 4) is 5.69 Å². The predicted octanol–water partition coefficient (Wildman–Crippen LogP) is 4.03. The Morgan fingerprint density at radius 1 is 0.852 bits per heavy atom. The van der Waals surface area contributed by atoms with E-state index in [4.69, 9.17) is 0 Å². The third kappa shape index (κ3) is 2.77. The quantitative estimate of drug-likeness (QED) is 0.525. The number of amides is 2. The molecule has 5 heteroatoms. The molecule has 0 saturated heterocycles. The van der Waals surface area contributed by atoms with Gasteiger partial charge in [-0.05, 0) is 51.1 Å². The van der Waals surface area contributed by atoms with Gasteiger partial charge in [0.05, 0.1) is 17.3 Å². The van der Waals surface area contributed by atoms with Gasteiger partial charge in [0.15, 0.2) is 0 Å². The van der Waals surface area contributed by atoms with Crippen molar-refractivity contribution in [1.82, 2.24) is 9.58 Å². The van der Waals surface area contributed by atoms with Crippen molar-refractivity contribution >= 4 is 18.0 Å². The number of hydrogen-bond acceptors (Lipinski definition) is 3. The van der Waals surface area contributed by atoms with Crippen LogP contribution in [0.4, 0.5) is 0 Å². The number of carbonyl (C=O) groups is 2. The van der Waals surface area contributed by atoms with E-state index in [1.165, 1.54) is 5.56 Å². The molecule has 134 valence electrons. The van der Waals surface area contributed by atoms with Gasteiger partial charge in [0.25, 0.3) is 11.8 Å². The van der Waals surface area contributed by atoms with Crippen molar-refractivity contribution in [3.63, 3.8) is 0 Å². The Kier molecular flexibility index (Phi) is 4.00. The molecule has 0 unspecified atom stereocenters. The normalized spacial score (nSPS) is 13.7. The van der Waals surface area contributed by atoms with E-state index in [2.05, 4.69) is 40.9 Å². The number of benzene rings is 2. The lowest BCUT2D eigenvalue weighted by molar-refractivity contribution is 0.0660. The molecule has 0 saturated carbocycles. The van der Waals surface area contributed by atoms with Gasteiger partial charge in [-0.15, -0.1) is 0 Å². The van der Waals surface area contributed by atoms with E-state index in [-0.39, 0.29) is 11.8 Å². The van der Waals surface area contributed by atoms with Crippen molar-refractivity contribution in [2.45, 2.75) is 20.8 Å². The summed E-state index contributed by atoms with van der Waals surface area (Å²) in [6.07, 6.45) is 1.58. The zero-order chi connectivity index (χ0) is 19.1. The zero-order valence-electron chi connectivity index (χ0n) is 15.4. The fourth-order valence-corrected chi connectivity index (χ4v) is 3.41. The van der Waals surface area contributed by atoms with Crippen LogP contribution in [0.1, 0.15) is 43.2 Å². The fourth-order valence-electron chi connectivity index (χ4n) is 3.41. The van der Waals surface area contributed by atoms with E-state index >= 15 is 0 Å². The number of nitrogens with zero attached hydrogens (tertiary/aromatic N) is 3. The van der Waals surface area contributed by atoms with Crippen molar-refractivity contribution in [2.75, 3.05) is 0 Å². The van der Waals surface area contributed by atoms with Crippen molar-refractivity contribution in [3.05, 3.63) is 88.2 Å². The second-order valence-electron chi connectivity index (χ2n) is 6.71. The molecule has 2 amide bonds. The lowest BCUT2D eigenvalue weighted by Gasteiger charge is -2.10. The fraction of sp³-hybridized carbons (Fsp3) is 0.136.